The summed E-state index contributed by atoms with van der Waals surface area (Å²) in [5, 5.41) is 7.02. The summed E-state index contributed by atoms with van der Waals surface area (Å²) in [6, 6.07) is 8.63. The van der Waals surface area contributed by atoms with Crippen molar-refractivity contribution in [2.75, 3.05) is 20.1 Å². The number of halogens is 3. The van der Waals surface area contributed by atoms with E-state index < -0.39 is 0 Å². The fourth-order valence-corrected chi connectivity index (χ4v) is 2.47. The maximum absolute atomic E-state index is 13.1. The first-order valence-electron chi connectivity index (χ1n) is 7.88. The zero-order valence-electron chi connectivity index (χ0n) is 14.4. The highest BCUT2D eigenvalue weighted by Crippen LogP contribution is 2.10. The molecule has 2 aromatic rings. The van der Waals surface area contributed by atoms with E-state index in [0.29, 0.717) is 5.15 Å². The first-order valence-corrected chi connectivity index (χ1v) is 8.26. The Morgan fingerprint density at radius 1 is 1.16 bits per heavy atom. The number of rotatable bonds is 6. The second-order valence-electron chi connectivity index (χ2n) is 5.49. The number of guanidine groups is 1. The van der Waals surface area contributed by atoms with Crippen LogP contribution >= 0.6 is 35.6 Å². The number of pyridine rings is 1. The lowest BCUT2D eigenvalue weighted by Crippen LogP contribution is -2.39. The number of hydrogen-bond donors (Lipinski definition) is 2. The lowest BCUT2D eigenvalue weighted by atomic mass is 10.1. The van der Waals surface area contributed by atoms with Gasteiger partial charge in [-0.05, 0) is 54.7 Å². The topological polar surface area (TPSA) is 49.3 Å². The Hall–Kier alpha value is -1.41. The van der Waals surface area contributed by atoms with Gasteiger partial charge in [0.1, 0.15) is 11.0 Å². The number of nitrogens with zero attached hydrogens (tertiary/aromatic N) is 2. The second-order valence-corrected chi connectivity index (χ2v) is 5.87. The van der Waals surface area contributed by atoms with Gasteiger partial charge in [0.15, 0.2) is 5.96 Å². The molecule has 0 bridgehead atoms. The summed E-state index contributed by atoms with van der Waals surface area (Å²) >= 11 is 5.77. The zero-order chi connectivity index (χ0) is 17.4. The molecule has 0 saturated carbocycles. The molecule has 0 saturated heterocycles. The molecule has 136 valence electrons. The first kappa shape index (κ1) is 21.6. The molecule has 0 amide bonds. The van der Waals surface area contributed by atoms with Gasteiger partial charge < -0.3 is 10.6 Å². The molecule has 4 nitrogen and oxygen atoms in total. The predicted octanol–water partition coefficient (Wildman–Crippen LogP) is 3.75. The summed E-state index contributed by atoms with van der Waals surface area (Å²) < 4.78 is 13.1. The number of aliphatic imine (C=N–C) groups is 1. The minimum atomic E-state index is -0.196. The van der Waals surface area contributed by atoms with Crippen molar-refractivity contribution in [3.05, 3.63) is 64.2 Å². The highest BCUT2D eigenvalue weighted by atomic mass is 127. The molecule has 0 aliphatic heterocycles. The molecule has 2 N–H and O–H groups in total. The van der Waals surface area contributed by atoms with Gasteiger partial charge >= 0.3 is 0 Å². The molecule has 2 rings (SSSR count). The van der Waals surface area contributed by atoms with Gasteiger partial charge in [-0.3, -0.25) is 4.99 Å². The standard InChI is InChI=1S/C18H22ClFN4.HI/c1-13-11-16(20)5-4-15(13)8-10-23-18(21-2)22-9-7-14-3-6-17(19)24-12-14;/h3-6,11-12H,7-10H2,1-2H3,(H2,21,22,23);1H. The first-order chi connectivity index (χ1) is 11.6. The van der Waals surface area contributed by atoms with Crippen LogP contribution in [-0.2, 0) is 12.8 Å². The molecular weight excluding hydrogens is 454 g/mol. The van der Waals surface area contributed by atoms with E-state index in [0.717, 1.165) is 48.6 Å². The molecule has 1 heterocycles. The highest BCUT2D eigenvalue weighted by Gasteiger charge is 2.02. The fourth-order valence-electron chi connectivity index (χ4n) is 2.36. The van der Waals surface area contributed by atoms with Gasteiger partial charge in [0.2, 0.25) is 0 Å². The normalized spacial score (nSPS) is 11.0. The van der Waals surface area contributed by atoms with E-state index in [1.807, 2.05) is 19.1 Å². The van der Waals surface area contributed by atoms with Crippen LogP contribution in [0.1, 0.15) is 16.7 Å². The van der Waals surface area contributed by atoms with E-state index >= 15 is 0 Å². The molecule has 0 spiro atoms. The minimum Gasteiger partial charge on any atom is -0.356 e. The summed E-state index contributed by atoms with van der Waals surface area (Å²) in [7, 11) is 1.74. The number of aromatic nitrogens is 1. The molecule has 0 radical (unpaired) electrons. The summed E-state index contributed by atoms with van der Waals surface area (Å²) in [4.78, 5) is 8.26. The minimum absolute atomic E-state index is 0. The van der Waals surface area contributed by atoms with E-state index in [-0.39, 0.29) is 29.8 Å². The van der Waals surface area contributed by atoms with Crippen molar-refractivity contribution < 1.29 is 4.39 Å². The molecule has 1 aromatic heterocycles. The quantitative estimate of drug-likeness (QED) is 0.289. The molecule has 0 atom stereocenters. The largest absolute Gasteiger partial charge is 0.356 e. The van der Waals surface area contributed by atoms with E-state index in [2.05, 4.69) is 20.6 Å². The summed E-state index contributed by atoms with van der Waals surface area (Å²) in [5.74, 6) is 0.551. The average Bonchev–Trinajstić information content (AvgIpc) is 2.57. The van der Waals surface area contributed by atoms with E-state index in [1.165, 1.54) is 6.07 Å². The van der Waals surface area contributed by atoms with Crippen molar-refractivity contribution in [1.29, 1.82) is 0 Å². The lowest BCUT2D eigenvalue weighted by molar-refractivity contribution is 0.625. The van der Waals surface area contributed by atoms with Gasteiger partial charge in [-0.2, -0.15) is 0 Å². The van der Waals surface area contributed by atoms with Gasteiger partial charge in [0, 0.05) is 26.3 Å². The molecular formula is C18H23ClFIN4. The fraction of sp³-hybridized carbons (Fsp3) is 0.333. The summed E-state index contributed by atoms with van der Waals surface area (Å²) in [6.45, 7) is 3.40. The Morgan fingerprint density at radius 2 is 1.88 bits per heavy atom. The van der Waals surface area contributed by atoms with Crippen LogP contribution in [0.15, 0.2) is 41.5 Å². The Morgan fingerprint density at radius 3 is 2.48 bits per heavy atom. The van der Waals surface area contributed by atoms with Crippen LogP contribution in [-0.4, -0.2) is 31.1 Å². The van der Waals surface area contributed by atoms with Crippen LogP contribution in [0.5, 0.6) is 0 Å². The summed E-state index contributed by atoms with van der Waals surface area (Å²) in [6.07, 6.45) is 3.42. The van der Waals surface area contributed by atoms with Crippen molar-refractivity contribution >= 4 is 41.5 Å². The van der Waals surface area contributed by atoms with Crippen LogP contribution in [0, 0.1) is 12.7 Å². The molecule has 25 heavy (non-hydrogen) atoms. The number of aryl methyl sites for hydroxylation is 1. The molecule has 7 heteroatoms. The average molecular weight is 477 g/mol. The van der Waals surface area contributed by atoms with Gasteiger partial charge in [-0.1, -0.05) is 23.7 Å². The van der Waals surface area contributed by atoms with E-state index in [9.17, 15) is 4.39 Å². The van der Waals surface area contributed by atoms with Crippen LogP contribution < -0.4 is 10.6 Å². The zero-order valence-corrected chi connectivity index (χ0v) is 17.4. The van der Waals surface area contributed by atoms with Crippen molar-refractivity contribution in [2.45, 2.75) is 19.8 Å². The Balaban J connectivity index is 0.00000312. The van der Waals surface area contributed by atoms with Crippen LogP contribution in [0.25, 0.3) is 0 Å². The van der Waals surface area contributed by atoms with Crippen LogP contribution in [0.3, 0.4) is 0 Å². The maximum atomic E-state index is 13.1. The van der Waals surface area contributed by atoms with Gasteiger partial charge in [0.05, 0.1) is 0 Å². The molecule has 0 unspecified atom stereocenters. The number of hydrogen-bond acceptors (Lipinski definition) is 2. The molecule has 1 aromatic carbocycles. The van der Waals surface area contributed by atoms with Gasteiger partial charge in [-0.25, -0.2) is 9.37 Å². The maximum Gasteiger partial charge on any atom is 0.190 e. The third-order valence-corrected chi connectivity index (χ3v) is 3.93. The monoisotopic (exact) mass is 476 g/mol. The SMILES string of the molecule is CN=C(NCCc1ccc(Cl)nc1)NCCc1ccc(F)cc1C.I. The van der Waals surface area contributed by atoms with Crippen molar-refractivity contribution in [3.8, 4) is 0 Å². The molecule has 0 fully saturated rings. The molecule has 0 aliphatic carbocycles. The van der Waals surface area contributed by atoms with Crippen LogP contribution in [0.4, 0.5) is 4.39 Å². The van der Waals surface area contributed by atoms with Gasteiger partial charge in [0.25, 0.3) is 0 Å². The van der Waals surface area contributed by atoms with Crippen molar-refractivity contribution in [1.82, 2.24) is 15.6 Å². The Bertz CT molecular complexity index is 692. The molecule has 0 aliphatic rings. The van der Waals surface area contributed by atoms with Gasteiger partial charge in [-0.15, -0.1) is 24.0 Å². The third-order valence-electron chi connectivity index (χ3n) is 3.71. The predicted molar refractivity (Wildman–Crippen MR) is 113 cm³/mol. The summed E-state index contributed by atoms with van der Waals surface area (Å²) in [5.41, 5.74) is 3.21. The van der Waals surface area contributed by atoms with Crippen LogP contribution in [0.2, 0.25) is 5.15 Å². The number of benzene rings is 1. The smallest absolute Gasteiger partial charge is 0.190 e. The Kier molecular flexibility index (Phi) is 9.74. The Labute approximate surface area is 170 Å². The van der Waals surface area contributed by atoms with Crippen molar-refractivity contribution in [2.24, 2.45) is 4.99 Å². The number of nitrogens with one attached hydrogen (secondary N) is 2. The van der Waals surface area contributed by atoms with Crippen molar-refractivity contribution in [3.63, 3.8) is 0 Å². The lowest BCUT2D eigenvalue weighted by Gasteiger charge is -2.12. The second kappa shape index (κ2) is 11.3. The highest BCUT2D eigenvalue weighted by molar-refractivity contribution is 14.0. The van der Waals surface area contributed by atoms with E-state index in [1.54, 1.807) is 25.4 Å². The van der Waals surface area contributed by atoms with E-state index in [4.69, 9.17) is 11.6 Å². The third kappa shape index (κ3) is 7.56.